The molecule has 1 N–H and O–H groups in total. The largest absolute Gasteiger partial charge is 0.375 e. The van der Waals surface area contributed by atoms with Gasteiger partial charge in [-0.25, -0.2) is 0 Å². The van der Waals surface area contributed by atoms with Gasteiger partial charge in [-0.3, -0.25) is 0 Å². The van der Waals surface area contributed by atoms with E-state index < -0.39 is 0 Å². The van der Waals surface area contributed by atoms with E-state index >= 15 is 0 Å². The number of unbranched alkanes of at least 4 members (excludes halogenated alkanes) is 1. The van der Waals surface area contributed by atoms with Gasteiger partial charge in [0.05, 0.1) is 0 Å². The van der Waals surface area contributed by atoms with Crippen LogP contribution in [-0.2, 0) is 6.54 Å². The van der Waals surface area contributed by atoms with Crippen LogP contribution in [0.1, 0.15) is 46.1 Å². The van der Waals surface area contributed by atoms with Crippen LogP contribution in [0.4, 0.5) is 5.69 Å². The summed E-state index contributed by atoms with van der Waals surface area (Å²) in [5.74, 6) is 0. The molecule has 0 aliphatic carbocycles. The Balaban J connectivity index is 2.69. The Morgan fingerprint density at radius 3 is 2.47 bits per heavy atom. The van der Waals surface area contributed by atoms with Crippen LogP contribution < -0.4 is 10.2 Å². The van der Waals surface area contributed by atoms with Crippen LogP contribution in [0.25, 0.3) is 0 Å². The highest BCUT2D eigenvalue weighted by atomic mass is 35.5. The fraction of sp³-hybridized carbons (Fsp3) is 0.625. The predicted molar refractivity (Wildman–Crippen MR) is 86.2 cm³/mol. The number of nitrogens with one attached hydrogen (secondary N) is 1. The minimum absolute atomic E-state index is 0.111. The zero-order chi connectivity index (χ0) is 14.5. The maximum Gasteiger partial charge on any atom is 0.0471 e. The summed E-state index contributed by atoms with van der Waals surface area (Å²) in [5.41, 5.74) is 2.46. The van der Waals surface area contributed by atoms with Gasteiger partial charge >= 0.3 is 0 Å². The summed E-state index contributed by atoms with van der Waals surface area (Å²) in [6, 6.07) is 6.34. The maximum absolute atomic E-state index is 6.37. The quantitative estimate of drug-likeness (QED) is 0.828. The lowest BCUT2D eigenvalue weighted by Crippen LogP contribution is -2.35. The molecule has 0 radical (unpaired) electrons. The van der Waals surface area contributed by atoms with Crippen molar-refractivity contribution in [3.8, 4) is 0 Å². The minimum atomic E-state index is 0.111. The van der Waals surface area contributed by atoms with Crippen LogP contribution in [0.5, 0.6) is 0 Å². The van der Waals surface area contributed by atoms with Crippen molar-refractivity contribution in [2.45, 2.75) is 52.6 Å². The smallest absolute Gasteiger partial charge is 0.0471 e. The lowest BCUT2D eigenvalue weighted by atomic mass is 10.1. The fourth-order valence-electron chi connectivity index (χ4n) is 1.80. The lowest BCUT2D eigenvalue weighted by Gasteiger charge is -2.22. The van der Waals surface area contributed by atoms with E-state index in [2.05, 4.69) is 63.2 Å². The summed E-state index contributed by atoms with van der Waals surface area (Å²) in [6.07, 6.45) is 2.42. The molecule has 19 heavy (non-hydrogen) atoms. The third-order valence-electron chi connectivity index (χ3n) is 3.13. The van der Waals surface area contributed by atoms with E-state index in [1.807, 2.05) is 0 Å². The number of benzene rings is 1. The molecule has 0 heterocycles. The van der Waals surface area contributed by atoms with Gasteiger partial charge < -0.3 is 10.2 Å². The molecule has 0 saturated carbocycles. The van der Waals surface area contributed by atoms with E-state index in [0.29, 0.717) is 0 Å². The highest BCUT2D eigenvalue weighted by Gasteiger charge is 2.10. The molecule has 0 aliphatic rings. The molecule has 0 spiro atoms. The number of halogens is 1. The Morgan fingerprint density at radius 2 is 1.95 bits per heavy atom. The van der Waals surface area contributed by atoms with E-state index in [1.165, 1.54) is 18.5 Å². The molecule has 3 heteroatoms. The molecule has 0 bridgehead atoms. The van der Waals surface area contributed by atoms with Crippen LogP contribution in [0.3, 0.4) is 0 Å². The first-order valence-electron chi connectivity index (χ1n) is 7.08. The Labute approximate surface area is 123 Å². The van der Waals surface area contributed by atoms with Gasteiger partial charge in [-0.1, -0.05) is 31.0 Å². The molecule has 0 fully saturated rings. The first-order chi connectivity index (χ1) is 8.83. The van der Waals surface area contributed by atoms with Crippen LogP contribution in [0.2, 0.25) is 5.02 Å². The van der Waals surface area contributed by atoms with E-state index in [4.69, 9.17) is 11.6 Å². The van der Waals surface area contributed by atoms with Crippen molar-refractivity contribution in [3.05, 3.63) is 28.8 Å². The Hall–Kier alpha value is -0.730. The van der Waals surface area contributed by atoms with Crippen molar-refractivity contribution in [1.29, 1.82) is 0 Å². The molecule has 0 unspecified atom stereocenters. The van der Waals surface area contributed by atoms with Crippen LogP contribution in [0.15, 0.2) is 18.2 Å². The van der Waals surface area contributed by atoms with Crippen molar-refractivity contribution in [3.63, 3.8) is 0 Å². The highest BCUT2D eigenvalue weighted by Crippen LogP contribution is 2.23. The molecular formula is C16H27ClN2. The molecular weight excluding hydrogens is 256 g/mol. The number of rotatable bonds is 6. The van der Waals surface area contributed by atoms with E-state index in [-0.39, 0.29) is 5.54 Å². The van der Waals surface area contributed by atoms with E-state index in [9.17, 15) is 0 Å². The average molecular weight is 283 g/mol. The van der Waals surface area contributed by atoms with E-state index in [1.54, 1.807) is 0 Å². The first-order valence-corrected chi connectivity index (χ1v) is 7.46. The SMILES string of the molecule is CCCCN(C)c1ccc(CNC(C)(C)C)c(Cl)c1. The number of hydrogen-bond donors (Lipinski definition) is 1. The van der Waals surface area contributed by atoms with Crippen molar-refractivity contribution >= 4 is 17.3 Å². The zero-order valence-electron chi connectivity index (χ0n) is 12.9. The van der Waals surface area contributed by atoms with Gasteiger partial charge in [0.1, 0.15) is 0 Å². The Bertz CT molecular complexity index is 396. The Kier molecular flexibility index (Phi) is 6.15. The molecule has 1 aromatic carbocycles. The fourth-order valence-corrected chi connectivity index (χ4v) is 2.04. The molecule has 0 aromatic heterocycles. The van der Waals surface area contributed by atoms with Gasteiger partial charge in [0, 0.05) is 36.4 Å². The van der Waals surface area contributed by atoms with Crippen LogP contribution in [0, 0.1) is 0 Å². The highest BCUT2D eigenvalue weighted by molar-refractivity contribution is 6.31. The maximum atomic E-state index is 6.37. The second kappa shape index (κ2) is 7.16. The normalized spacial score (nSPS) is 11.7. The van der Waals surface area contributed by atoms with Gasteiger partial charge in [0.2, 0.25) is 0 Å². The number of nitrogens with zero attached hydrogens (tertiary/aromatic N) is 1. The summed E-state index contributed by atoms with van der Waals surface area (Å²) in [7, 11) is 2.12. The van der Waals surface area contributed by atoms with Gasteiger partial charge in [0.15, 0.2) is 0 Å². The monoisotopic (exact) mass is 282 g/mol. The van der Waals surface area contributed by atoms with Crippen molar-refractivity contribution < 1.29 is 0 Å². The summed E-state index contributed by atoms with van der Waals surface area (Å²) < 4.78 is 0. The second-order valence-electron chi connectivity index (χ2n) is 6.15. The third kappa shape index (κ3) is 5.84. The molecule has 1 rings (SSSR count). The number of hydrogen-bond acceptors (Lipinski definition) is 2. The molecule has 0 saturated heterocycles. The van der Waals surface area contributed by atoms with Gasteiger partial charge in [-0.15, -0.1) is 0 Å². The summed E-state index contributed by atoms with van der Waals surface area (Å²) in [5, 5.41) is 4.31. The van der Waals surface area contributed by atoms with Crippen LogP contribution in [-0.4, -0.2) is 19.1 Å². The molecule has 2 nitrogen and oxygen atoms in total. The number of anilines is 1. The second-order valence-corrected chi connectivity index (χ2v) is 6.56. The molecule has 0 amide bonds. The van der Waals surface area contributed by atoms with Gasteiger partial charge in [-0.05, 0) is 44.9 Å². The van der Waals surface area contributed by atoms with Crippen molar-refractivity contribution in [2.75, 3.05) is 18.5 Å². The zero-order valence-corrected chi connectivity index (χ0v) is 13.6. The Morgan fingerprint density at radius 1 is 1.26 bits per heavy atom. The van der Waals surface area contributed by atoms with Crippen molar-refractivity contribution in [1.82, 2.24) is 5.32 Å². The standard InChI is InChI=1S/C16H27ClN2/c1-6-7-10-19(5)14-9-8-13(15(17)11-14)12-18-16(2,3)4/h8-9,11,18H,6-7,10,12H2,1-5H3. The summed E-state index contributed by atoms with van der Waals surface area (Å²) >= 11 is 6.37. The topological polar surface area (TPSA) is 15.3 Å². The first kappa shape index (κ1) is 16.3. The lowest BCUT2D eigenvalue weighted by molar-refractivity contribution is 0.424. The molecule has 0 atom stereocenters. The van der Waals surface area contributed by atoms with Gasteiger partial charge in [-0.2, -0.15) is 0 Å². The molecule has 1 aromatic rings. The van der Waals surface area contributed by atoms with Gasteiger partial charge in [0.25, 0.3) is 0 Å². The summed E-state index contributed by atoms with van der Waals surface area (Å²) in [6.45, 7) is 10.6. The van der Waals surface area contributed by atoms with Crippen molar-refractivity contribution in [2.24, 2.45) is 0 Å². The van der Waals surface area contributed by atoms with E-state index in [0.717, 1.165) is 23.7 Å². The average Bonchev–Trinajstić information content (AvgIpc) is 2.33. The van der Waals surface area contributed by atoms with Crippen LogP contribution >= 0.6 is 11.6 Å². The minimum Gasteiger partial charge on any atom is -0.375 e. The molecule has 0 aliphatic heterocycles. The predicted octanol–water partition coefficient (Wildman–Crippen LogP) is 4.46. The third-order valence-corrected chi connectivity index (χ3v) is 3.49. The summed E-state index contributed by atoms with van der Waals surface area (Å²) in [4.78, 5) is 2.26. The molecule has 108 valence electrons.